The first-order valence-electron chi connectivity index (χ1n) is 22.1. The van der Waals surface area contributed by atoms with Gasteiger partial charge in [0.05, 0.1) is 28.1 Å². The summed E-state index contributed by atoms with van der Waals surface area (Å²) in [5.41, 5.74) is 15.5. The number of anilines is 2. The third-order valence-electron chi connectivity index (χ3n) is 13.8. The van der Waals surface area contributed by atoms with Gasteiger partial charge in [-0.05, 0) is 75.9 Å². The van der Waals surface area contributed by atoms with E-state index in [0.29, 0.717) is 17.7 Å². The van der Waals surface area contributed by atoms with Gasteiger partial charge in [0.2, 0.25) is 11.9 Å². The third kappa shape index (κ3) is 5.05. The molecule has 0 bridgehead atoms. The molecule has 0 saturated carbocycles. The van der Waals surface area contributed by atoms with Gasteiger partial charge in [0.25, 0.3) is 0 Å². The predicted molar refractivity (Wildman–Crippen MR) is 260 cm³/mol. The van der Waals surface area contributed by atoms with E-state index < -0.39 is 0 Å². The van der Waals surface area contributed by atoms with E-state index in [1.807, 2.05) is 18.2 Å². The molecular weight excluding hydrogens is 781 g/mol. The summed E-state index contributed by atoms with van der Waals surface area (Å²) in [5.74, 6) is 2.03. The lowest BCUT2D eigenvalue weighted by Gasteiger charge is -2.28. The van der Waals surface area contributed by atoms with Crippen molar-refractivity contribution in [3.63, 3.8) is 0 Å². The van der Waals surface area contributed by atoms with Crippen LogP contribution >= 0.6 is 0 Å². The molecule has 2 unspecified atom stereocenters. The Morgan fingerprint density at radius 1 is 0.422 bits per heavy atom. The van der Waals surface area contributed by atoms with Crippen LogP contribution in [0.2, 0.25) is 0 Å². The second-order valence-corrected chi connectivity index (χ2v) is 17.1. The van der Waals surface area contributed by atoms with Crippen LogP contribution in [0.1, 0.15) is 34.1 Å². The summed E-state index contributed by atoms with van der Waals surface area (Å²) < 4.78 is 4.65. The Morgan fingerprint density at radius 2 is 0.969 bits per heavy atom. The Bertz CT molecular complexity index is 3680. The van der Waals surface area contributed by atoms with Crippen LogP contribution in [0, 0.1) is 0 Å². The second kappa shape index (κ2) is 13.6. The van der Waals surface area contributed by atoms with Gasteiger partial charge >= 0.3 is 0 Å². The van der Waals surface area contributed by atoms with Gasteiger partial charge in [-0.1, -0.05) is 170 Å². The molecule has 2 aliphatic carbocycles. The molecule has 6 heteroatoms. The Labute approximate surface area is 369 Å². The highest BCUT2D eigenvalue weighted by Gasteiger charge is 2.40. The fraction of sp³-hybridized carbons (Fsp3) is 0.0517. The minimum Gasteiger partial charge on any atom is -0.310 e. The fourth-order valence-corrected chi connectivity index (χ4v) is 11.1. The normalized spacial score (nSPS) is 16.4. The van der Waals surface area contributed by atoms with Crippen LogP contribution in [-0.2, 0) is 0 Å². The number of hydrogen-bond donors (Lipinski definition) is 0. The quantitative estimate of drug-likeness (QED) is 0.174. The Balaban J connectivity index is 0.943. The number of para-hydroxylation sites is 4. The van der Waals surface area contributed by atoms with Gasteiger partial charge in [-0.15, -0.1) is 0 Å². The Kier molecular flexibility index (Phi) is 7.48. The maximum Gasteiger partial charge on any atom is 0.240 e. The first kappa shape index (κ1) is 35.3. The number of allylic oxidation sites excluding steroid dienone is 2. The van der Waals surface area contributed by atoms with Crippen LogP contribution in [0.5, 0.6) is 0 Å². The van der Waals surface area contributed by atoms with E-state index in [-0.39, 0.29) is 17.9 Å². The number of hydrogen-bond acceptors (Lipinski definition) is 4. The largest absolute Gasteiger partial charge is 0.310 e. The lowest BCUT2D eigenvalue weighted by atomic mass is 9.88. The van der Waals surface area contributed by atoms with E-state index in [2.05, 4.69) is 208 Å². The first-order chi connectivity index (χ1) is 31.8. The molecular formula is C58H38N6. The molecule has 0 fully saturated rings. The first-order valence-corrected chi connectivity index (χ1v) is 22.1. The summed E-state index contributed by atoms with van der Waals surface area (Å²) in [7, 11) is 0. The SMILES string of the molecule is C1=CC2C(C=C1n1c3ccccc3c3ccccc31)c1ccccc1N2c1nc(-c2ccccc2)nc(-n2c3ccccc3c3cc(C4c5ccccc5-c5ccccc54)ccc32)n1. The van der Waals surface area contributed by atoms with E-state index >= 15 is 0 Å². The van der Waals surface area contributed by atoms with Crippen LogP contribution in [0.25, 0.3) is 77.8 Å². The van der Waals surface area contributed by atoms with Gasteiger partial charge < -0.3 is 9.47 Å². The maximum atomic E-state index is 5.49. The van der Waals surface area contributed by atoms with Crippen molar-refractivity contribution in [1.82, 2.24) is 24.1 Å². The monoisotopic (exact) mass is 818 g/mol. The van der Waals surface area contributed by atoms with Crippen LogP contribution in [0.15, 0.2) is 212 Å². The fourth-order valence-electron chi connectivity index (χ4n) is 11.1. The van der Waals surface area contributed by atoms with Gasteiger partial charge in [-0.3, -0.25) is 4.57 Å². The molecule has 1 aliphatic heterocycles. The maximum absolute atomic E-state index is 5.49. The molecule has 2 atom stereocenters. The summed E-state index contributed by atoms with van der Waals surface area (Å²) in [5, 5.41) is 4.84. The number of fused-ring (bicyclic) bond motifs is 12. The zero-order valence-corrected chi connectivity index (χ0v) is 34.6. The molecule has 300 valence electrons. The van der Waals surface area contributed by atoms with Gasteiger partial charge in [-0.2, -0.15) is 15.0 Å². The molecule has 0 amide bonds. The lowest BCUT2D eigenvalue weighted by Crippen LogP contribution is -2.31. The smallest absolute Gasteiger partial charge is 0.240 e. The van der Waals surface area contributed by atoms with Crippen LogP contribution in [0.4, 0.5) is 11.6 Å². The predicted octanol–water partition coefficient (Wildman–Crippen LogP) is 13.6. The molecule has 3 aliphatic rings. The molecule has 64 heavy (non-hydrogen) atoms. The third-order valence-corrected chi connectivity index (χ3v) is 13.8. The van der Waals surface area contributed by atoms with Crippen molar-refractivity contribution in [2.75, 3.05) is 4.90 Å². The Hall–Kier alpha value is -8.35. The van der Waals surface area contributed by atoms with Crippen molar-refractivity contribution in [3.8, 4) is 28.5 Å². The zero-order valence-electron chi connectivity index (χ0n) is 34.6. The lowest BCUT2D eigenvalue weighted by molar-refractivity contribution is 0.724. The minimum atomic E-state index is -0.0500. The van der Waals surface area contributed by atoms with Crippen molar-refractivity contribution < 1.29 is 0 Å². The highest BCUT2D eigenvalue weighted by molar-refractivity contribution is 6.11. The zero-order chi connectivity index (χ0) is 41.9. The van der Waals surface area contributed by atoms with Crippen molar-refractivity contribution in [3.05, 3.63) is 235 Å². The number of rotatable bonds is 5. The molecule has 0 saturated heterocycles. The molecule has 0 spiro atoms. The summed E-state index contributed by atoms with van der Waals surface area (Å²) >= 11 is 0. The number of aromatic nitrogens is 5. The van der Waals surface area contributed by atoms with E-state index in [1.54, 1.807) is 0 Å². The van der Waals surface area contributed by atoms with E-state index in [1.165, 1.54) is 60.6 Å². The molecule has 14 rings (SSSR count). The van der Waals surface area contributed by atoms with Crippen molar-refractivity contribution in [2.24, 2.45) is 0 Å². The number of nitrogens with zero attached hydrogens (tertiary/aromatic N) is 6. The molecule has 3 aromatic heterocycles. The summed E-state index contributed by atoms with van der Waals surface area (Å²) in [6, 6.07) is 69.7. The molecule has 0 N–H and O–H groups in total. The van der Waals surface area contributed by atoms with Gasteiger partial charge in [-0.25, -0.2) is 0 Å². The van der Waals surface area contributed by atoms with E-state index in [0.717, 1.165) is 33.4 Å². The van der Waals surface area contributed by atoms with Gasteiger partial charge in [0.15, 0.2) is 5.82 Å². The average molecular weight is 819 g/mol. The Morgan fingerprint density at radius 3 is 1.67 bits per heavy atom. The standard InChI is InChI=1S/C58H38N6/c1-2-16-36(17-3-1)56-59-57(63-51-28-14-10-22-43(51)47-34-37(30-32-53(47)63)55-45-24-6-4-18-39(45)40-19-5-7-25-46(40)55)61-58(60-56)64-52-29-15-11-23-44(52)48-35-38(31-33-54(48)64)62-49-26-12-8-20-41(49)42-21-9-13-27-50(42)62/h1-35,48,54-55H. The topological polar surface area (TPSA) is 51.8 Å². The summed E-state index contributed by atoms with van der Waals surface area (Å²) in [6.45, 7) is 0. The van der Waals surface area contributed by atoms with Crippen molar-refractivity contribution in [2.45, 2.75) is 17.9 Å². The summed E-state index contributed by atoms with van der Waals surface area (Å²) in [4.78, 5) is 18.5. The van der Waals surface area contributed by atoms with Crippen molar-refractivity contribution in [1.29, 1.82) is 0 Å². The minimum absolute atomic E-state index is 0.0500. The van der Waals surface area contributed by atoms with Crippen LogP contribution < -0.4 is 4.90 Å². The molecule has 0 radical (unpaired) electrons. The van der Waals surface area contributed by atoms with Crippen LogP contribution in [-0.4, -0.2) is 30.1 Å². The molecule has 8 aromatic carbocycles. The number of benzene rings is 8. The van der Waals surface area contributed by atoms with Gasteiger partial charge in [0, 0.05) is 50.3 Å². The summed E-state index contributed by atoms with van der Waals surface area (Å²) in [6.07, 6.45) is 7.07. The average Bonchev–Trinajstić information content (AvgIpc) is 4.09. The molecule has 4 heterocycles. The van der Waals surface area contributed by atoms with Crippen molar-refractivity contribution >= 4 is 60.9 Å². The highest BCUT2D eigenvalue weighted by atomic mass is 15.3. The van der Waals surface area contributed by atoms with Gasteiger partial charge in [0.1, 0.15) is 0 Å². The molecule has 6 nitrogen and oxygen atoms in total. The van der Waals surface area contributed by atoms with E-state index in [4.69, 9.17) is 15.0 Å². The highest BCUT2D eigenvalue weighted by Crippen LogP contribution is 2.51. The second-order valence-electron chi connectivity index (χ2n) is 17.1. The molecule has 11 aromatic rings. The van der Waals surface area contributed by atoms with Crippen LogP contribution in [0.3, 0.4) is 0 Å². The van der Waals surface area contributed by atoms with E-state index in [9.17, 15) is 0 Å².